The zero-order valence-electron chi connectivity index (χ0n) is 46.8. The minimum atomic E-state index is -0.230. The van der Waals surface area contributed by atoms with Crippen LogP contribution < -0.4 is 52.4 Å². The summed E-state index contributed by atoms with van der Waals surface area (Å²) in [4.78, 5) is 10.4. The van der Waals surface area contributed by atoms with E-state index < -0.39 is 0 Å². The van der Waals surface area contributed by atoms with Crippen molar-refractivity contribution in [1.29, 1.82) is 0 Å². The number of rotatable bonds is 5. The Morgan fingerprint density at radius 3 is 1.22 bits per heavy atom. The highest BCUT2D eigenvalue weighted by molar-refractivity contribution is 7.06. The van der Waals surface area contributed by atoms with Crippen molar-refractivity contribution in [2.75, 3.05) is 19.6 Å². The van der Waals surface area contributed by atoms with Gasteiger partial charge in [0.15, 0.2) is 0 Å². The fraction of sp³-hybridized carbons (Fsp3) is 0. The predicted molar refractivity (Wildman–Crippen MR) is 364 cm³/mol. The summed E-state index contributed by atoms with van der Waals surface area (Å²) in [6.07, 6.45) is 0. The number of furan rings is 1. The third-order valence-electron chi connectivity index (χ3n) is 19.7. The summed E-state index contributed by atoms with van der Waals surface area (Å²) in [5.74, 6) is 0. The molecular weight excluding hydrogens is 1060 g/mol. The molecule has 87 heavy (non-hydrogen) atoms. The second-order valence-electron chi connectivity index (χ2n) is 23.9. The van der Waals surface area contributed by atoms with E-state index in [2.05, 4.69) is 308 Å². The topological polar surface area (TPSA) is 36.0 Å². The molecule has 0 amide bonds. The average molecular weight is 1100 g/mol. The Kier molecular flexibility index (Phi) is 8.83. The summed E-state index contributed by atoms with van der Waals surface area (Å²) in [5.41, 5.74) is 30.1. The van der Waals surface area contributed by atoms with E-state index in [1.807, 2.05) is 0 Å². The molecule has 8 heterocycles. The monoisotopic (exact) mass is 1100 g/mol. The molecule has 0 fully saturated rings. The highest BCUT2D eigenvalue weighted by Gasteiger charge is 2.55. The quantitative estimate of drug-likeness (QED) is 0.161. The fourth-order valence-corrected chi connectivity index (χ4v) is 16.5. The van der Waals surface area contributed by atoms with Gasteiger partial charge in [-0.25, -0.2) is 0 Å². The van der Waals surface area contributed by atoms with E-state index in [-0.39, 0.29) is 13.4 Å². The molecule has 21 rings (SSSR count). The Balaban J connectivity index is 0.941. The summed E-state index contributed by atoms with van der Waals surface area (Å²) in [5, 5.41) is 7.22. The van der Waals surface area contributed by atoms with Crippen molar-refractivity contribution >= 4 is 180 Å². The molecule has 3 aromatic heterocycles. The maximum atomic E-state index is 7.17. The van der Waals surface area contributed by atoms with Gasteiger partial charge >= 0.3 is 0 Å². The molecular formula is C78H46B2N6O. The average Bonchev–Trinajstić information content (AvgIpc) is 0.917. The zero-order chi connectivity index (χ0) is 56.3. The molecule has 16 aromatic rings. The SMILES string of the molecule is c1ccc(N2c3cc(-n4c5ccccc5c5ccccc54)ccc3B3c4cccc5c4N4c6c3c2cc2c6B(c3ccc(-n6c7ccccc7c7ccccc76)cc3N2c2ccccc2)c2c4c(cc3oc4ccccc4c23)N5c2ccccc2)cc1. The van der Waals surface area contributed by atoms with Crippen LogP contribution in [0.3, 0.4) is 0 Å². The first-order valence-electron chi connectivity index (χ1n) is 30.2. The molecule has 0 unspecified atom stereocenters. The normalized spacial score (nSPS) is 13.8. The Labute approximate surface area is 500 Å². The van der Waals surface area contributed by atoms with Crippen LogP contribution in [0.2, 0.25) is 0 Å². The van der Waals surface area contributed by atoms with Gasteiger partial charge in [0.1, 0.15) is 11.2 Å². The number of fused-ring (bicyclic) bond motifs is 16. The molecule has 9 heteroatoms. The van der Waals surface area contributed by atoms with E-state index >= 15 is 0 Å². The first-order valence-corrected chi connectivity index (χ1v) is 30.2. The summed E-state index contributed by atoms with van der Waals surface area (Å²) in [7, 11) is 0. The molecule has 0 aliphatic carbocycles. The minimum absolute atomic E-state index is 0.141. The summed E-state index contributed by atoms with van der Waals surface area (Å²) in [6, 6.07) is 104. The fourth-order valence-electron chi connectivity index (χ4n) is 16.5. The molecule has 0 saturated heterocycles. The molecule has 0 N–H and O–H groups in total. The van der Waals surface area contributed by atoms with Gasteiger partial charge in [-0.05, 0) is 136 Å². The number of hydrogen-bond acceptors (Lipinski definition) is 5. The largest absolute Gasteiger partial charge is 0.456 e. The Morgan fingerprint density at radius 2 is 0.690 bits per heavy atom. The molecule has 5 aliphatic rings. The van der Waals surface area contributed by atoms with Crippen LogP contribution in [0.5, 0.6) is 0 Å². The third-order valence-corrected chi connectivity index (χ3v) is 19.7. The van der Waals surface area contributed by atoms with Gasteiger partial charge in [-0.3, -0.25) is 0 Å². The molecule has 5 aliphatic heterocycles. The van der Waals surface area contributed by atoms with Crippen molar-refractivity contribution < 1.29 is 4.42 Å². The summed E-state index contributed by atoms with van der Waals surface area (Å²) < 4.78 is 12.1. The van der Waals surface area contributed by atoms with Gasteiger partial charge in [0.25, 0.3) is 13.4 Å². The molecule has 0 atom stereocenters. The van der Waals surface area contributed by atoms with E-state index in [0.29, 0.717) is 0 Å². The van der Waals surface area contributed by atoms with Crippen LogP contribution in [0.15, 0.2) is 283 Å². The number of hydrogen-bond donors (Lipinski definition) is 0. The number of benzene rings is 13. The number of anilines is 12. The van der Waals surface area contributed by atoms with E-state index in [4.69, 9.17) is 4.42 Å². The van der Waals surface area contributed by atoms with E-state index in [1.165, 1.54) is 93.5 Å². The molecule has 0 bridgehead atoms. The Morgan fingerprint density at radius 1 is 0.241 bits per heavy atom. The van der Waals surface area contributed by atoms with E-state index in [9.17, 15) is 0 Å². The molecule has 0 radical (unpaired) electrons. The van der Waals surface area contributed by atoms with Gasteiger partial charge in [-0.15, -0.1) is 0 Å². The van der Waals surface area contributed by atoms with Crippen molar-refractivity contribution in [3.05, 3.63) is 279 Å². The molecule has 0 saturated carbocycles. The van der Waals surface area contributed by atoms with Gasteiger partial charge in [0, 0.05) is 95.3 Å². The second-order valence-corrected chi connectivity index (χ2v) is 23.9. The summed E-state index contributed by atoms with van der Waals surface area (Å²) >= 11 is 0. The van der Waals surface area contributed by atoms with Crippen molar-refractivity contribution in [1.82, 2.24) is 9.13 Å². The highest BCUT2D eigenvalue weighted by Crippen LogP contribution is 2.59. The lowest BCUT2D eigenvalue weighted by atomic mass is 9.28. The lowest BCUT2D eigenvalue weighted by molar-refractivity contribution is 0.669. The van der Waals surface area contributed by atoms with Crippen LogP contribution in [0.1, 0.15) is 0 Å². The smallest absolute Gasteiger partial charge is 0.253 e. The lowest BCUT2D eigenvalue weighted by Gasteiger charge is -2.54. The Hall–Kier alpha value is -11.4. The van der Waals surface area contributed by atoms with E-state index in [1.54, 1.807) is 0 Å². The van der Waals surface area contributed by atoms with Crippen molar-refractivity contribution in [2.45, 2.75) is 0 Å². The molecule has 0 spiro atoms. The van der Waals surface area contributed by atoms with E-state index in [0.717, 1.165) is 84.5 Å². The predicted octanol–water partition coefficient (Wildman–Crippen LogP) is 16.3. The zero-order valence-corrected chi connectivity index (χ0v) is 46.8. The van der Waals surface area contributed by atoms with Crippen LogP contribution in [-0.4, -0.2) is 22.6 Å². The lowest BCUT2D eigenvalue weighted by Crippen LogP contribution is -2.69. The van der Waals surface area contributed by atoms with Crippen LogP contribution in [0, 0.1) is 0 Å². The van der Waals surface area contributed by atoms with Crippen molar-refractivity contribution in [2.24, 2.45) is 0 Å². The number of para-hydroxylation sites is 9. The molecule has 13 aromatic carbocycles. The molecule has 400 valence electrons. The van der Waals surface area contributed by atoms with Gasteiger partial charge in [0.05, 0.1) is 44.8 Å². The number of aromatic nitrogens is 2. The van der Waals surface area contributed by atoms with Gasteiger partial charge in [-0.2, -0.15) is 0 Å². The first kappa shape index (κ1) is 46.0. The summed E-state index contributed by atoms with van der Waals surface area (Å²) in [6.45, 7) is -0.371. The van der Waals surface area contributed by atoms with Gasteiger partial charge in [-0.1, -0.05) is 170 Å². The van der Waals surface area contributed by atoms with Gasteiger partial charge < -0.3 is 33.2 Å². The Bertz CT molecular complexity index is 5610. The van der Waals surface area contributed by atoms with Crippen LogP contribution >= 0.6 is 0 Å². The van der Waals surface area contributed by atoms with Crippen LogP contribution in [0.25, 0.3) is 76.9 Å². The molecule has 7 nitrogen and oxygen atoms in total. The standard InChI is InChI=1S/C78H46B2N6O/c1-4-21-47(22-5-1)81-64-37-20-32-59-76(64)86-77-69(81)46-71-72(56-31-14-19-38-70(56)87-71)75(77)80-58-42-40-51(85-62-35-17-12-29-54(62)55-30-13-18-36-63(55)85)44-66(58)83(49-25-8-3-9-26-49)68-45-67-73(78(86)74(68)80)79(59)57-41-39-50(43-65(57)82(67)48-23-6-2-7-24-48)84-60-33-15-10-27-52(60)53-28-11-16-34-61(53)84/h1-46H. The maximum absolute atomic E-state index is 7.17. The minimum Gasteiger partial charge on any atom is -0.456 e. The van der Waals surface area contributed by atoms with Crippen LogP contribution in [0.4, 0.5) is 68.2 Å². The van der Waals surface area contributed by atoms with Crippen molar-refractivity contribution in [3.63, 3.8) is 0 Å². The third kappa shape index (κ3) is 5.83. The maximum Gasteiger partial charge on any atom is 0.253 e. The number of nitrogens with zero attached hydrogens (tertiary/aromatic N) is 6. The second kappa shape index (κ2) is 16.7. The highest BCUT2D eigenvalue weighted by atomic mass is 16.3. The van der Waals surface area contributed by atoms with Crippen LogP contribution in [-0.2, 0) is 0 Å². The van der Waals surface area contributed by atoms with Gasteiger partial charge in [0.2, 0.25) is 0 Å². The van der Waals surface area contributed by atoms with Crippen molar-refractivity contribution in [3.8, 4) is 11.4 Å². The first-order chi connectivity index (χ1) is 43.2.